The molecule has 1 spiro atoms. The summed E-state index contributed by atoms with van der Waals surface area (Å²) in [5.41, 5.74) is -2.14. The van der Waals surface area contributed by atoms with Crippen molar-refractivity contribution in [2.24, 2.45) is 4.99 Å². The van der Waals surface area contributed by atoms with Crippen molar-refractivity contribution in [2.75, 3.05) is 6.54 Å². The molecule has 1 aromatic carbocycles. The van der Waals surface area contributed by atoms with Crippen molar-refractivity contribution < 1.29 is 32.5 Å². The van der Waals surface area contributed by atoms with Crippen molar-refractivity contribution in [3.8, 4) is 0 Å². The zero-order valence-electron chi connectivity index (χ0n) is 14.8. The molecule has 0 saturated heterocycles. The van der Waals surface area contributed by atoms with Crippen molar-refractivity contribution in [1.82, 2.24) is 4.90 Å². The monoisotopic (exact) mass is 465 g/mol. The maximum absolute atomic E-state index is 14.6. The van der Waals surface area contributed by atoms with Crippen LogP contribution in [0.5, 0.6) is 0 Å². The Labute approximate surface area is 165 Å². The Bertz CT molecular complexity index is 1020. The largest absolute Gasteiger partial charge is 0.431 e. The highest BCUT2D eigenvalue weighted by atomic mass is 79.9. The van der Waals surface area contributed by atoms with Crippen LogP contribution >= 0.6 is 15.9 Å². The van der Waals surface area contributed by atoms with Gasteiger partial charge in [0.2, 0.25) is 0 Å². The van der Waals surface area contributed by atoms with Crippen LogP contribution in [-0.4, -0.2) is 30.1 Å². The third-order valence-electron chi connectivity index (χ3n) is 4.65. The Morgan fingerprint density at radius 3 is 2.75 bits per heavy atom. The van der Waals surface area contributed by atoms with Crippen LogP contribution in [0.3, 0.4) is 0 Å². The first-order chi connectivity index (χ1) is 13.5. The van der Waals surface area contributed by atoms with Crippen LogP contribution in [-0.2, 0) is 10.3 Å². The highest BCUT2D eigenvalue weighted by Gasteiger charge is 2.47. The Balaban J connectivity index is 1.86. The lowest BCUT2D eigenvalue weighted by molar-refractivity contribution is -0.0981. The minimum atomic E-state index is -4.78. The SMILES string of the molecule is [2H]C1=CC[C@@]2(CN3C=C(C(F)(F)F)C=C(OC(F)F)C3=N2)c2ccc(Br)c(F)c21. The lowest BCUT2D eigenvalue weighted by Gasteiger charge is -2.31. The number of aliphatic imine (C=N–C) groups is 1. The van der Waals surface area contributed by atoms with Gasteiger partial charge in [0.25, 0.3) is 0 Å². The molecule has 0 aromatic heterocycles. The summed E-state index contributed by atoms with van der Waals surface area (Å²) < 4.78 is 92.3. The third-order valence-corrected chi connectivity index (χ3v) is 5.26. The van der Waals surface area contributed by atoms with E-state index >= 15 is 0 Å². The van der Waals surface area contributed by atoms with E-state index < -0.39 is 35.5 Å². The molecule has 3 nitrogen and oxygen atoms in total. The Morgan fingerprint density at radius 1 is 1.32 bits per heavy atom. The molecular formula is C18H11BrF6N2O. The molecule has 28 heavy (non-hydrogen) atoms. The molecule has 0 amide bonds. The molecule has 0 unspecified atom stereocenters. The van der Waals surface area contributed by atoms with Gasteiger partial charge in [-0.05, 0) is 40.1 Å². The molecule has 1 aliphatic carbocycles. The fourth-order valence-corrected chi connectivity index (χ4v) is 3.81. The number of hydrogen-bond donors (Lipinski definition) is 0. The van der Waals surface area contributed by atoms with Crippen LogP contribution in [0.1, 0.15) is 18.9 Å². The summed E-state index contributed by atoms with van der Waals surface area (Å²) in [7, 11) is 0. The predicted octanol–water partition coefficient (Wildman–Crippen LogP) is 5.50. The number of amidine groups is 1. The number of hydrogen-bond acceptors (Lipinski definition) is 3. The fraction of sp³-hybridized carbons (Fsp3) is 0.278. The van der Waals surface area contributed by atoms with Crippen molar-refractivity contribution in [1.29, 1.82) is 0 Å². The van der Waals surface area contributed by atoms with E-state index in [1.165, 1.54) is 18.2 Å². The molecule has 0 N–H and O–H groups in total. The van der Waals surface area contributed by atoms with E-state index in [1.807, 2.05) is 0 Å². The van der Waals surface area contributed by atoms with Gasteiger partial charge in [0.15, 0.2) is 11.6 Å². The van der Waals surface area contributed by atoms with Gasteiger partial charge in [-0.1, -0.05) is 18.2 Å². The lowest BCUT2D eigenvalue weighted by atomic mass is 9.80. The van der Waals surface area contributed by atoms with Crippen LogP contribution in [0.15, 0.2) is 51.3 Å². The first-order valence-corrected chi connectivity index (χ1v) is 8.79. The van der Waals surface area contributed by atoms with Crippen LogP contribution < -0.4 is 0 Å². The van der Waals surface area contributed by atoms with Gasteiger partial charge in [-0.3, -0.25) is 4.99 Å². The molecule has 0 radical (unpaired) electrons. The molecule has 0 bridgehead atoms. The van der Waals surface area contributed by atoms with E-state index in [1.54, 1.807) is 0 Å². The molecule has 148 valence electrons. The number of alkyl halides is 5. The van der Waals surface area contributed by atoms with Gasteiger partial charge < -0.3 is 9.64 Å². The number of ether oxygens (including phenoxy) is 1. The summed E-state index contributed by atoms with van der Waals surface area (Å²) in [5.74, 6) is -1.61. The standard InChI is InChI=1S/C18H11BrF6N2O/c19-12-4-3-11-10(14(12)20)2-1-5-17(11)8-27-7-9(18(23,24)25)6-13(15(27)26-17)28-16(21)22/h1-4,6-7,16H,5,8H2/t17-/m1/s1/i2D. The highest BCUT2D eigenvalue weighted by Crippen LogP contribution is 2.45. The van der Waals surface area contributed by atoms with Crippen LogP contribution in [0.25, 0.3) is 6.05 Å². The van der Waals surface area contributed by atoms with E-state index in [9.17, 15) is 26.3 Å². The minimum absolute atomic E-state index is 0.0323. The zero-order chi connectivity index (χ0) is 21.1. The predicted molar refractivity (Wildman–Crippen MR) is 92.9 cm³/mol. The smallest absolute Gasteiger partial charge is 0.417 e. The molecule has 1 aromatic rings. The number of nitrogens with zero attached hydrogens (tertiary/aromatic N) is 2. The molecule has 1 atom stereocenters. The summed E-state index contributed by atoms with van der Waals surface area (Å²) >= 11 is 3.05. The average Bonchev–Trinajstić information content (AvgIpc) is 2.99. The van der Waals surface area contributed by atoms with E-state index in [4.69, 9.17) is 1.37 Å². The second kappa shape index (κ2) is 6.40. The summed E-state index contributed by atoms with van der Waals surface area (Å²) in [6, 6.07) is 2.86. The van der Waals surface area contributed by atoms with Gasteiger partial charge in [0, 0.05) is 11.8 Å². The van der Waals surface area contributed by atoms with Gasteiger partial charge in [-0.25, -0.2) is 4.39 Å². The maximum Gasteiger partial charge on any atom is 0.417 e. The second-order valence-electron chi connectivity index (χ2n) is 6.40. The molecular weight excluding hydrogens is 454 g/mol. The van der Waals surface area contributed by atoms with Crippen LogP contribution in [0.2, 0.25) is 0 Å². The van der Waals surface area contributed by atoms with Crippen molar-refractivity contribution in [3.63, 3.8) is 0 Å². The fourth-order valence-electron chi connectivity index (χ4n) is 3.48. The molecule has 2 heterocycles. The minimum Gasteiger partial charge on any atom is -0.431 e. The Kier molecular flexibility index (Phi) is 4.08. The first kappa shape index (κ1) is 17.8. The summed E-state index contributed by atoms with van der Waals surface area (Å²) in [5, 5.41) is 0. The maximum atomic E-state index is 14.6. The first-order valence-electron chi connectivity index (χ1n) is 8.50. The normalized spacial score (nSPS) is 24.3. The van der Waals surface area contributed by atoms with Gasteiger partial charge in [0.1, 0.15) is 11.4 Å². The van der Waals surface area contributed by atoms with Crippen molar-refractivity contribution >= 4 is 27.8 Å². The number of rotatable bonds is 2. The van der Waals surface area contributed by atoms with Crippen molar-refractivity contribution in [2.45, 2.75) is 24.7 Å². The average molecular weight is 466 g/mol. The van der Waals surface area contributed by atoms with E-state index in [0.29, 0.717) is 11.6 Å². The molecule has 10 heteroatoms. The zero-order valence-corrected chi connectivity index (χ0v) is 15.4. The lowest BCUT2D eigenvalue weighted by Crippen LogP contribution is -2.35. The quantitative estimate of drug-likeness (QED) is 0.539. The van der Waals surface area contributed by atoms with Gasteiger partial charge in [-0.15, -0.1) is 0 Å². The van der Waals surface area contributed by atoms with E-state index in [2.05, 4.69) is 25.7 Å². The Hall–Kier alpha value is -2.23. The number of fused-ring (bicyclic) bond motifs is 3. The summed E-state index contributed by atoms with van der Waals surface area (Å²) in [4.78, 5) is 5.47. The summed E-state index contributed by atoms with van der Waals surface area (Å²) in [6.07, 6.45) is -2.05. The molecule has 3 aliphatic rings. The van der Waals surface area contributed by atoms with Gasteiger partial charge in [-0.2, -0.15) is 22.0 Å². The summed E-state index contributed by atoms with van der Waals surface area (Å²) in [6.45, 7) is -3.49. The number of allylic oxidation sites excluding steroid dienone is 2. The van der Waals surface area contributed by atoms with Crippen molar-refractivity contribution in [3.05, 3.63) is 63.2 Å². The molecule has 0 saturated carbocycles. The van der Waals surface area contributed by atoms with Gasteiger partial charge in [0.05, 0.1) is 18.0 Å². The molecule has 4 rings (SSSR count). The molecule has 0 fully saturated rings. The number of benzene rings is 1. The van der Waals surface area contributed by atoms with E-state index in [0.717, 1.165) is 11.1 Å². The third kappa shape index (κ3) is 3.03. The van der Waals surface area contributed by atoms with Crippen LogP contribution in [0, 0.1) is 5.82 Å². The second-order valence-corrected chi connectivity index (χ2v) is 7.26. The topological polar surface area (TPSA) is 24.8 Å². The Morgan fingerprint density at radius 2 is 2.07 bits per heavy atom. The number of halogens is 7. The molecule has 2 aliphatic heterocycles. The van der Waals surface area contributed by atoms with E-state index in [-0.39, 0.29) is 34.9 Å². The van der Waals surface area contributed by atoms with Gasteiger partial charge >= 0.3 is 12.8 Å². The highest BCUT2D eigenvalue weighted by molar-refractivity contribution is 9.10. The van der Waals surface area contributed by atoms with Crippen LogP contribution in [0.4, 0.5) is 26.3 Å².